The molecule has 0 amide bonds. The molecule has 11 heteroatoms. The van der Waals surface area contributed by atoms with Crippen LogP contribution in [0.5, 0.6) is 11.5 Å². The van der Waals surface area contributed by atoms with Crippen LogP contribution in [0.2, 0.25) is 5.02 Å². The third-order valence-corrected chi connectivity index (χ3v) is 6.24. The van der Waals surface area contributed by atoms with Gasteiger partial charge in [-0.05, 0) is 24.1 Å². The monoisotopic (exact) mass is 490 g/mol. The standard InChI is InChI=1S/C22H27ClN6O3S/c1-14(21-24-12-16(23)13-25-21)15(2)33-28-22-27-26-19(10-5-6-11-31-3)29(22)20-17(30)8-7-9-18(20)32-4/h5-9,12-15,30H,10-11H2,1-4H3,(H,27,28)/b6-5-. The van der Waals surface area contributed by atoms with Gasteiger partial charge in [0.15, 0.2) is 0 Å². The maximum absolute atomic E-state index is 10.6. The van der Waals surface area contributed by atoms with E-state index in [-0.39, 0.29) is 16.9 Å². The van der Waals surface area contributed by atoms with Crippen LogP contribution in [-0.2, 0) is 11.2 Å². The zero-order chi connectivity index (χ0) is 23.8. The van der Waals surface area contributed by atoms with Crippen molar-refractivity contribution >= 4 is 29.5 Å². The van der Waals surface area contributed by atoms with Crippen molar-refractivity contribution in [3.8, 4) is 17.2 Å². The fourth-order valence-corrected chi connectivity index (χ4v) is 3.86. The van der Waals surface area contributed by atoms with Gasteiger partial charge < -0.3 is 14.6 Å². The molecule has 176 valence electrons. The lowest BCUT2D eigenvalue weighted by atomic mass is 10.1. The molecule has 0 aliphatic heterocycles. The molecular formula is C22H27ClN6O3S. The number of nitrogens with one attached hydrogen (secondary N) is 1. The molecule has 2 aromatic heterocycles. The summed E-state index contributed by atoms with van der Waals surface area (Å²) < 4.78 is 15.6. The Balaban J connectivity index is 1.87. The van der Waals surface area contributed by atoms with Crippen LogP contribution in [0, 0.1) is 0 Å². The Labute approximate surface area is 202 Å². The number of hydrogen-bond acceptors (Lipinski definition) is 9. The Morgan fingerprint density at radius 1 is 1.18 bits per heavy atom. The molecular weight excluding hydrogens is 464 g/mol. The van der Waals surface area contributed by atoms with Gasteiger partial charge in [0, 0.05) is 37.1 Å². The van der Waals surface area contributed by atoms with Crippen molar-refractivity contribution in [2.45, 2.75) is 31.4 Å². The van der Waals surface area contributed by atoms with E-state index in [0.717, 1.165) is 0 Å². The second kappa shape index (κ2) is 11.9. The van der Waals surface area contributed by atoms with Crippen molar-refractivity contribution in [3.63, 3.8) is 0 Å². The van der Waals surface area contributed by atoms with Gasteiger partial charge in [-0.2, -0.15) is 0 Å². The minimum absolute atomic E-state index is 0.0484. The van der Waals surface area contributed by atoms with E-state index in [4.69, 9.17) is 21.1 Å². The number of phenolic OH excluding ortho intramolecular Hbond substituents is 1. The Kier molecular flexibility index (Phi) is 8.93. The molecule has 0 aliphatic carbocycles. The number of methoxy groups -OCH3 is 2. The highest BCUT2D eigenvalue weighted by atomic mass is 35.5. The number of allylic oxidation sites excluding steroid dienone is 1. The van der Waals surface area contributed by atoms with Gasteiger partial charge in [0.2, 0.25) is 5.95 Å². The van der Waals surface area contributed by atoms with E-state index in [9.17, 15) is 5.11 Å². The number of halogens is 1. The second-order valence-electron chi connectivity index (χ2n) is 7.21. The summed E-state index contributed by atoms with van der Waals surface area (Å²) in [6.45, 7) is 4.61. The fraction of sp³-hybridized carbons (Fsp3) is 0.364. The first-order valence-electron chi connectivity index (χ1n) is 10.3. The van der Waals surface area contributed by atoms with Gasteiger partial charge >= 0.3 is 0 Å². The van der Waals surface area contributed by atoms with E-state index in [2.05, 4.69) is 31.8 Å². The van der Waals surface area contributed by atoms with Crippen LogP contribution in [0.25, 0.3) is 5.69 Å². The van der Waals surface area contributed by atoms with E-state index in [1.165, 1.54) is 11.9 Å². The molecule has 3 aromatic rings. The molecule has 0 saturated heterocycles. The Morgan fingerprint density at radius 3 is 2.64 bits per heavy atom. The van der Waals surface area contributed by atoms with Crippen molar-refractivity contribution in [3.05, 3.63) is 59.4 Å². The highest BCUT2D eigenvalue weighted by molar-refractivity contribution is 8.01. The van der Waals surface area contributed by atoms with Gasteiger partial charge in [-0.3, -0.25) is 9.29 Å². The van der Waals surface area contributed by atoms with Gasteiger partial charge in [0.05, 0.1) is 18.7 Å². The molecule has 3 rings (SSSR count). The number of rotatable bonds is 11. The SMILES string of the molecule is COC/C=C\Cc1nnc(NSC(C)C(C)c2ncc(Cl)cn2)n1-c1c(O)cccc1OC. The summed E-state index contributed by atoms with van der Waals surface area (Å²) >= 11 is 7.37. The van der Waals surface area contributed by atoms with Crippen LogP contribution >= 0.6 is 23.5 Å². The number of aromatic nitrogens is 5. The lowest BCUT2D eigenvalue weighted by Crippen LogP contribution is -2.15. The van der Waals surface area contributed by atoms with Crippen LogP contribution in [0.15, 0.2) is 42.7 Å². The molecule has 0 radical (unpaired) electrons. The maximum Gasteiger partial charge on any atom is 0.239 e. The van der Waals surface area contributed by atoms with Crippen LogP contribution in [0.3, 0.4) is 0 Å². The number of benzene rings is 1. The van der Waals surface area contributed by atoms with Gasteiger partial charge in [0.1, 0.15) is 28.8 Å². The quantitative estimate of drug-likeness (QED) is 0.298. The van der Waals surface area contributed by atoms with E-state index in [1.54, 1.807) is 49.4 Å². The van der Waals surface area contributed by atoms with E-state index < -0.39 is 0 Å². The van der Waals surface area contributed by atoms with Crippen molar-refractivity contribution in [2.75, 3.05) is 25.5 Å². The number of phenols is 1. The number of para-hydroxylation sites is 1. The number of nitrogens with zero attached hydrogens (tertiary/aromatic N) is 5. The fourth-order valence-electron chi connectivity index (χ4n) is 3.02. The number of anilines is 1. The lowest BCUT2D eigenvalue weighted by molar-refractivity contribution is 0.233. The summed E-state index contributed by atoms with van der Waals surface area (Å²) in [6.07, 6.45) is 7.52. The molecule has 2 unspecified atom stereocenters. The van der Waals surface area contributed by atoms with Crippen LogP contribution < -0.4 is 9.46 Å². The third-order valence-electron chi connectivity index (χ3n) is 4.97. The molecule has 2 heterocycles. The van der Waals surface area contributed by atoms with Crippen molar-refractivity contribution in [2.24, 2.45) is 0 Å². The van der Waals surface area contributed by atoms with E-state index in [0.29, 0.717) is 47.1 Å². The molecule has 0 spiro atoms. The largest absolute Gasteiger partial charge is 0.506 e. The summed E-state index contributed by atoms with van der Waals surface area (Å²) in [6, 6.07) is 5.10. The highest BCUT2D eigenvalue weighted by Gasteiger charge is 2.23. The molecule has 0 saturated carbocycles. The van der Waals surface area contributed by atoms with E-state index >= 15 is 0 Å². The first-order chi connectivity index (χ1) is 16.0. The van der Waals surface area contributed by atoms with Gasteiger partial charge in [-0.25, -0.2) is 9.97 Å². The van der Waals surface area contributed by atoms with Gasteiger partial charge in [-0.1, -0.05) is 43.7 Å². The summed E-state index contributed by atoms with van der Waals surface area (Å²) in [5.41, 5.74) is 0.463. The zero-order valence-electron chi connectivity index (χ0n) is 18.9. The summed E-state index contributed by atoms with van der Waals surface area (Å²) in [5.74, 6) is 2.40. The smallest absolute Gasteiger partial charge is 0.239 e. The van der Waals surface area contributed by atoms with Gasteiger partial charge in [-0.15, -0.1) is 10.2 Å². The predicted molar refractivity (Wildman–Crippen MR) is 130 cm³/mol. The number of hydrogen-bond donors (Lipinski definition) is 2. The Morgan fingerprint density at radius 2 is 1.94 bits per heavy atom. The normalized spacial score (nSPS) is 13.2. The number of ether oxygens (including phenoxy) is 2. The third kappa shape index (κ3) is 6.16. The van der Waals surface area contributed by atoms with Crippen LogP contribution in [0.4, 0.5) is 5.95 Å². The van der Waals surface area contributed by atoms with Gasteiger partial charge in [0.25, 0.3) is 0 Å². The van der Waals surface area contributed by atoms with Crippen LogP contribution in [0.1, 0.15) is 31.4 Å². The molecule has 0 bridgehead atoms. The highest BCUT2D eigenvalue weighted by Crippen LogP contribution is 2.36. The topological polar surface area (TPSA) is 107 Å². The van der Waals surface area contributed by atoms with Crippen LogP contribution in [-0.4, -0.2) is 55.9 Å². The predicted octanol–water partition coefficient (Wildman–Crippen LogP) is 4.42. The summed E-state index contributed by atoms with van der Waals surface area (Å²) in [7, 11) is 3.19. The van der Waals surface area contributed by atoms with Crippen molar-refractivity contribution < 1.29 is 14.6 Å². The minimum atomic E-state index is 0.0484. The average molecular weight is 491 g/mol. The molecule has 9 nitrogen and oxygen atoms in total. The molecule has 33 heavy (non-hydrogen) atoms. The Bertz CT molecular complexity index is 1080. The minimum Gasteiger partial charge on any atom is -0.506 e. The first-order valence-corrected chi connectivity index (χ1v) is 11.6. The Hall–Kier alpha value is -2.82. The van der Waals surface area contributed by atoms with Crippen molar-refractivity contribution in [1.29, 1.82) is 0 Å². The van der Waals surface area contributed by atoms with E-state index in [1.807, 2.05) is 19.1 Å². The summed E-state index contributed by atoms with van der Waals surface area (Å²) in [4.78, 5) is 8.64. The maximum atomic E-state index is 10.6. The first kappa shape index (κ1) is 24.8. The lowest BCUT2D eigenvalue weighted by Gasteiger charge is -2.19. The summed E-state index contributed by atoms with van der Waals surface area (Å²) in [5, 5.41) is 19.9. The second-order valence-corrected chi connectivity index (χ2v) is 8.83. The molecule has 2 N–H and O–H groups in total. The van der Waals surface area contributed by atoms with Crippen molar-refractivity contribution in [1.82, 2.24) is 24.7 Å². The molecule has 2 atom stereocenters. The average Bonchev–Trinajstić information content (AvgIpc) is 3.22. The molecule has 0 aliphatic rings. The number of aromatic hydroxyl groups is 1. The zero-order valence-corrected chi connectivity index (χ0v) is 20.5. The molecule has 0 fully saturated rings. The molecule has 1 aromatic carbocycles.